The van der Waals surface area contributed by atoms with Crippen LogP contribution in [0.15, 0.2) is 18.2 Å². The third-order valence-corrected chi connectivity index (χ3v) is 7.04. The maximum atomic E-state index is 12.4. The van der Waals surface area contributed by atoms with Gasteiger partial charge in [-0.3, -0.25) is 4.79 Å². The molecule has 2 aromatic carbocycles. The Kier molecular flexibility index (Phi) is 5.41. The monoisotopic (exact) mass is 502 g/mol. The van der Waals surface area contributed by atoms with E-state index in [1.165, 1.54) is 21.1 Å². The summed E-state index contributed by atoms with van der Waals surface area (Å²) in [5, 5.41) is 0. The SMILES string of the molecule is COc1cc2c(cc1[C@H]1OC[C@]3(OC(C)=O)[C@@H](c4c(OC)cc5c(c4OC)OCO5)OC[C@H]13)OCO2. The van der Waals surface area contributed by atoms with Gasteiger partial charge in [-0.1, -0.05) is 0 Å². The molecule has 192 valence electrons. The molecule has 4 aliphatic heterocycles. The smallest absolute Gasteiger partial charge is 0.303 e. The maximum absolute atomic E-state index is 12.4. The van der Waals surface area contributed by atoms with Crippen LogP contribution in [-0.4, -0.2) is 59.7 Å². The first-order valence-electron chi connectivity index (χ1n) is 11.5. The fourth-order valence-electron chi connectivity index (χ4n) is 5.56. The molecule has 0 saturated carbocycles. The highest BCUT2D eigenvalue weighted by Gasteiger charge is 2.64. The number of ether oxygens (including phenoxy) is 10. The Morgan fingerprint density at radius 1 is 0.889 bits per heavy atom. The van der Waals surface area contributed by atoms with Crippen molar-refractivity contribution in [1.82, 2.24) is 0 Å². The van der Waals surface area contributed by atoms with Gasteiger partial charge < -0.3 is 47.4 Å². The first-order chi connectivity index (χ1) is 17.5. The standard InChI is InChI=1S/C25H26O11/c1-12(26)36-25-9-31-21(13-5-16-17(33-10-32-16)6-15(13)27-2)14(25)8-30-24(25)20-18(28-3)7-19-22(23(20)29-4)35-11-34-19/h5-7,14,21,24H,8-11H2,1-4H3/t14-,21-,24-,25-/m1/s1. The lowest BCUT2D eigenvalue weighted by Gasteiger charge is -2.33. The van der Waals surface area contributed by atoms with Crippen LogP contribution in [0.3, 0.4) is 0 Å². The lowest BCUT2D eigenvalue weighted by molar-refractivity contribution is -0.167. The number of carbonyl (C=O) groups excluding carboxylic acids is 1. The summed E-state index contributed by atoms with van der Waals surface area (Å²) < 4.78 is 58.1. The van der Waals surface area contributed by atoms with Crippen molar-refractivity contribution < 1.29 is 52.2 Å². The van der Waals surface area contributed by atoms with E-state index in [2.05, 4.69) is 0 Å². The van der Waals surface area contributed by atoms with Crippen LogP contribution in [0.1, 0.15) is 30.3 Å². The van der Waals surface area contributed by atoms with Crippen LogP contribution in [0.2, 0.25) is 0 Å². The minimum atomic E-state index is -1.17. The molecule has 0 aromatic heterocycles. The van der Waals surface area contributed by atoms with Gasteiger partial charge in [0.1, 0.15) is 17.6 Å². The molecule has 0 radical (unpaired) electrons. The first kappa shape index (κ1) is 22.9. The topological polar surface area (TPSA) is 109 Å². The van der Waals surface area contributed by atoms with E-state index in [0.29, 0.717) is 45.8 Å². The van der Waals surface area contributed by atoms with Gasteiger partial charge in [0.05, 0.1) is 52.1 Å². The highest BCUT2D eigenvalue weighted by Crippen LogP contribution is 2.61. The molecule has 0 unspecified atom stereocenters. The van der Waals surface area contributed by atoms with E-state index in [1.54, 1.807) is 19.2 Å². The largest absolute Gasteiger partial charge is 0.496 e. The van der Waals surface area contributed by atoms with E-state index < -0.39 is 23.8 Å². The van der Waals surface area contributed by atoms with Crippen molar-refractivity contribution in [2.24, 2.45) is 5.92 Å². The second-order valence-corrected chi connectivity index (χ2v) is 8.81. The molecule has 2 fully saturated rings. The molecule has 4 heterocycles. The van der Waals surface area contributed by atoms with Crippen LogP contribution in [0.4, 0.5) is 0 Å². The predicted octanol–water partition coefficient (Wildman–Crippen LogP) is 2.93. The van der Waals surface area contributed by atoms with E-state index >= 15 is 0 Å². The number of hydrogen-bond donors (Lipinski definition) is 0. The van der Waals surface area contributed by atoms with Gasteiger partial charge in [0.25, 0.3) is 0 Å². The average Bonchev–Trinajstić information content (AvgIpc) is 3.65. The van der Waals surface area contributed by atoms with Crippen LogP contribution in [0.5, 0.6) is 40.2 Å². The fourth-order valence-corrected chi connectivity index (χ4v) is 5.56. The molecule has 11 heteroatoms. The minimum absolute atomic E-state index is 0.0522. The second-order valence-electron chi connectivity index (χ2n) is 8.81. The van der Waals surface area contributed by atoms with E-state index in [0.717, 1.165) is 5.56 Å². The number of carbonyl (C=O) groups is 1. The average molecular weight is 502 g/mol. The van der Waals surface area contributed by atoms with E-state index in [4.69, 9.17) is 47.4 Å². The van der Waals surface area contributed by atoms with Crippen LogP contribution < -0.4 is 33.2 Å². The summed E-state index contributed by atoms with van der Waals surface area (Å²) in [6, 6.07) is 5.32. The van der Waals surface area contributed by atoms with Gasteiger partial charge in [-0.15, -0.1) is 0 Å². The van der Waals surface area contributed by atoms with Gasteiger partial charge in [-0.25, -0.2) is 0 Å². The summed E-state index contributed by atoms with van der Waals surface area (Å²) in [4.78, 5) is 12.4. The van der Waals surface area contributed by atoms with Crippen molar-refractivity contribution in [3.8, 4) is 40.2 Å². The van der Waals surface area contributed by atoms with Gasteiger partial charge in [-0.2, -0.15) is 0 Å². The summed E-state index contributed by atoms with van der Waals surface area (Å²) in [7, 11) is 4.64. The van der Waals surface area contributed by atoms with Gasteiger partial charge in [-0.05, 0) is 6.07 Å². The van der Waals surface area contributed by atoms with Gasteiger partial charge in [0.2, 0.25) is 19.3 Å². The summed E-state index contributed by atoms with van der Waals surface area (Å²) in [6.07, 6.45) is -1.28. The Hall–Kier alpha value is -3.57. The number of rotatable bonds is 6. The lowest BCUT2D eigenvalue weighted by atomic mass is 9.79. The van der Waals surface area contributed by atoms with Gasteiger partial charge >= 0.3 is 5.97 Å². The first-order valence-corrected chi connectivity index (χ1v) is 11.5. The Bertz CT molecular complexity index is 1210. The Morgan fingerprint density at radius 3 is 2.31 bits per heavy atom. The number of esters is 1. The third kappa shape index (κ3) is 3.22. The maximum Gasteiger partial charge on any atom is 0.303 e. The highest BCUT2D eigenvalue weighted by atomic mass is 16.7. The Morgan fingerprint density at radius 2 is 1.58 bits per heavy atom. The molecule has 4 aliphatic rings. The normalized spacial score (nSPS) is 27.1. The fraction of sp³-hybridized carbons (Fsp3) is 0.480. The molecule has 0 amide bonds. The molecule has 0 bridgehead atoms. The zero-order chi connectivity index (χ0) is 25.0. The van der Waals surface area contributed by atoms with Crippen molar-refractivity contribution in [1.29, 1.82) is 0 Å². The number of methoxy groups -OCH3 is 3. The van der Waals surface area contributed by atoms with Crippen molar-refractivity contribution in [3.05, 3.63) is 29.3 Å². The molecule has 0 spiro atoms. The molecule has 4 atom stereocenters. The van der Waals surface area contributed by atoms with Crippen LogP contribution in [-0.2, 0) is 19.0 Å². The molecule has 2 aromatic rings. The molecule has 11 nitrogen and oxygen atoms in total. The molecular weight excluding hydrogens is 476 g/mol. The number of hydrogen-bond acceptors (Lipinski definition) is 11. The van der Waals surface area contributed by atoms with Crippen LogP contribution >= 0.6 is 0 Å². The van der Waals surface area contributed by atoms with Crippen LogP contribution in [0, 0.1) is 5.92 Å². The van der Waals surface area contributed by atoms with E-state index in [1.807, 2.05) is 6.07 Å². The number of fused-ring (bicyclic) bond motifs is 3. The summed E-state index contributed by atoms with van der Waals surface area (Å²) in [6.45, 7) is 1.86. The summed E-state index contributed by atoms with van der Waals surface area (Å²) in [5.41, 5.74) is 0.121. The molecule has 0 N–H and O–H groups in total. The van der Waals surface area contributed by atoms with Crippen molar-refractivity contribution in [3.63, 3.8) is 0 Å². The van der Waals surface area contributed by atoms with Crippen LogP contribution in [0.25, 0.3) is 0 Å². The predicted molar refractivity (Wildman–Crippen MR) is 120 cm³/mol. The number of benzene rings is 2. The molecule has 2 saturated heterocycles. The molecule has 36 heavy (non-hydrogen) atoms. The zero-order valence-electron chi connectivity index (χ0n) is 20.3. The second kappa shape index (κ2) is 8.52. The molecular formula is C25H26O11. The molecule has 0 aliphatic carbocycles. The minimum Gasteiger partial charge on any atom is -0.496 e. The third-order valence-electron chi connectivity index (χ3n) is 7.04. The van der Waals surface area contributed by atoms with Gasteiger partial charge in [0.15, 0.2) is 28.6 Å². The van der Waals surface area contributed by atoms with E-state index in [-0.39, 0.29) is 32.7 Å². The zero-order valence-corrected chi connectivity index (χ0v) is 20.3. The summed E-state index contributed by atoms with van der Waals surface area (Å²) in [5.74, 6) is 2.70. The van der Waals surface area contributed by atoms with Crippen molar-refractivity contribution in [2.75, 3.05) is 48.1 Å². The van der Waals surface area contributed by atoms with Crippen molar-refractivity contribution >= 4 is 5.97 Å². The Labute approximate surface area is 207 Å². The van der Waals surface area contributed by atoms with Gasteiger partial charge in [0, 0.05) is 24.6 Å². The quantitative estimate of drug-likeness (QED) is 0.544. The summed E-state index contributed by atoms with van der Waals surface area (Å²) >= 11 is 0. The Balaban J connectivity index is 1.46. The lowest BCUT2D eigenvalue weighted by Crippen LogP contribution is -2.44. The highest BCUT2D eigenvalue weighted by molar-refractivity contribution is 5.68. The van der Waals surface area contributed by atoms with Crippen molar-refractivity contribution in [2.45, 2.75) is 24.7 Å². The molecule has 6 rings (SSSR count). The van der Waals surface area contributed by atoms with E-state index in [9.17, 15) is 4.79 Å².